The third-order valence-corrected chi connectivity index (χ3v) is 2.81. The Kier molecular flexibility index (Phi) is 6.97. The minimum atomic E-state index is -0.515. The second-order valence-electron chi connectivity index (χ2n) is 4.34. The van der Waals surface area contributed by atoms with Gasteiger partial charge in [-0.3, -0.25) is 0 Å². The second-order valence-corrected chi connectivity index (χ2v) is 4.34. The van der Waals surface area contributed by atoms with Crippen LogP contribution in [0.3, 0.4) is 0 Å². The lowest BCUT2D eigenvalue weighted by Crippen LogP contribution is -2.22. The molecule has 0 aliphatic heterocycles. The Balaban J connectivity index is 2.49. The molecule has 0 saturated heterocycles. The number of hydrogen-bond donors (Lipinski definition) is 1. The Labute approximate surface area is 114 Å². The minimum Gasteiger partial charge on any atom is -0.507 e. The summed E-state index contributed by atoms with van der Waals surface area (Å²) in [4.78, 5) is 11.8. The molecule has 1 aromatic rings. The van der Waals surface area contributed by atoms with Crippen molar-refractivity contribution >= 4 is 5.97 Å². The molecule has 0 spiro atoms. The maximum Gasteiger partial charge on any atom is 0.342 e. The largest absolute Gasteiger partial charge is 0.507 e. The fraction of sp³-hybridized carbons (Fsp3) is 0.533. The third kappa shape index (κ3) is 5.30. The molecular weight excluding hydrogens is 244 g/mol. The van der Waals surface area contributed by atoms with E-state index in [9.17, 15) is 9.90 Å². The van der Waals surface area contributed by atoms with Gasteiger partial charge < -0.3 is 14.6 Å². The van der Waals surface area contributed by atoms with E-state index in [-0.39, 0.29) is 24.0 Å². The van der Waals surface area contributed by atoms with Crippen LogP contribution in [0.5, 0.6) is 5.75 Å². The predicted octanol–water partition coefficient (Wildman–Crippen LogP) is 3.14. The van der Waals surface area contributed by atoms with Gasteiger partial charge in [-0.25, -0.2) is 4.79 Å². The summed E-state index contributed by atoms with van der Waals surface area (Å²) in [6.45, 7) is 4.85. The molecule has 1 atom stereocenters. The third-order valence-electron chi connectivity index (χ3n) is 2.81. The Morgan fingerprint density at radius 1 is 1.32 bits per heavy atom. The van der Waals surface area contributed by atoms with E-state index in [0.717, 1.165) is 19.3 Å². The highest BCUT2D eigenvalue weighted by molar-refractivity contribution is 5.92. The van der Waals surface area contributed by atoms with Crippen LogP contribution in [0, 0.1) is 0 Å². The van der Waals surface area contributed by atoms with Crippen LogP contribution < -0.4 is 0 Å². The van der Waals surface area contributed by atoms with E-state index >= 15 is 0 Å². The first-order valence-electron chi connectivity index (χ1n) is 6.75. The number of hydrogen-bond acceptors (Lipinski definition) is 4. The molecule has 19 heavy (non-hydrogen) atoms. The number of benzene rings is 1. The normalized spacial score (nSPS) is 12.1. The molecule has 1 unspecified atom stereocenters. The fourth-order valence-electron chi connectivity index (χ4n) is 1.77. The molecule has 0 fully saturated rings. The Bertz CT molecular complexity index is 389. The van der Waals surface area contributed by atoms with Gasteiger partial charge in [0.25, 0.3) is 0 Å². The lowest BCUT2D eigenvalue weighted by Gasteiger charge is -2.16. The van der Waals surface area contributed by atoms with Crippen molar-refractivity contribution in [1.29, 1.82) is 0 Å². The van der Waals surface area contributed by atoms with Gasteiger partial charge >= 0.3 is 5.97 Å². The lowest BCUT2D eigenvalue weighted by molar-refractivity contribution is -0.00820. The van der Waals surface area contributed by atoms with E-state index in [2.05, 4.69) is 6.92 Å². The molecule has 0 aliphatic carbocycles. The number of carbonyl (C=O) groups excluding carboxylic acids is 1. The van der Waals surface area contributed by atoms with E-state index in [1.54, 1.807) is 18.2 Å². The fourth-order valence-corrected chi connectivity index (χ4v) is 1.77. The molecule has 4 nitrogen and oxygen atoms in total. The maximum atomic E-state index is 11.8. The number of para-hydroxylation sites is 1. The summed E-state index contributed by atoms with van der Waals surface area (Å²) in [6, 6.07) is 6.36. The monoisotopic (exact) mass is 266 g/mol. The van der Waals surface area contributed by atoms with Gasteiger partial charge in [0.2, 0.25) is 0 Å². The van der Waals surface area contributed by atoms with E-state index in [1.807, 2.05) is 6.92 Å². The Hall–Kier alpha value is -1.55. The van der Waals surface area contributed by atoms with Gasteiger partial charge in [-0.2, -0.15) is 0 Å². The predicted molar refractivity (Wildman–Crippen MR) is 73.3 cm³/mol. The van der Waals surface area contributed by atoms with E-state index in [4.69, 9.17) is 9.47 Å². The van der Waals surface area contributed by atoms with Gasteiger partial charge in [-0.1, -0.05) is 31.9 Å². The maximum absolute atomic E-state index is 11.8. The number of ether oxygens (including phenoxy) is 2. The number of phenolic OH excluding ortho intramolecular Hbond substituents is 1. The smallest absolute Gasteiger partial charge is 0.342 e. The molecule has 1 N–H and O–H groups in total. The Morgan fingerprint density at radius 3 is 2.68 bits per heavy atom. The quantitative estimate of drug-likeness (QED) is 0.734. The summed E-state index contributed by atoms with van der Waals surface area (Å²) < 4.78 is 10.7. The zero-order valence-corrected chi connectivity index (χ0v) is 11.6. The van der Waals surface area contributed by atoms with E-state index < -0.39 is 5.97 Å². The van der Waals surface area contributed by atoms with Crippen molar-refractivity contribution in [1.82, 2.24) is 0 Å². The molecule has 0 aliphatic rings. The Morgan fingerprint density at radius 2 is 2.05 bits per heavy atom. The van der Waals surface area contributed by atoms with Crippen LogP contribution in [0.2, 0.25) is 0 Å². The van der Waals surface area contributed by atoms with Crippen LogP contribution in [0.1, 0.15) is 43.5 Å². The summed E-state index contributed by atoms with van der Waals surface area (Å²) in [7, 11) is 0. The number of esters is 1. The standard InChI is InChI=1S/C15H22O4/c1-3-5-8-12(18-4-2)11-19-15(17)13-9-6-7-10-14(13)16/h6-7,9-10,12,16H,3-5,8,11H2,1-2H3. The van der Waals surface area contributed by atoms with Crippen LogP contribution >= 0.6 is 0 Å². The van der Waals surface area contributed by atoms with Gasteiger partial charge in [-0.15, -0.1) is 0 Å². The first-order valence-corrected chi connectivity index (χ1v) is 6.75. The summed E-state index contributed by atoms with van der Waals surface area (Å²) >= 11 is 0. The second kappa shape index (κ2) is 8.53. The van der Waals surface area contributed by atoms with Crippen molar-refractivity contribution in [3.05, 3.63) is 29.8 Å². The molecule has 4 heteroatoms. The number of carbonyl (C=O) groups is 1. The first kappa shape index (κ1) is 15.5. The topological polar surface area (TPSA) is 55.8 Å². The molecule has 106 valence electrons. The van der Waals surface area contributed by atoms with Crippen molar-refractivity contribution in [2.75, 3.05) is 13.2 Å². The lowest BCUT2D eigenvalue weighted by atomic mass is 10.1. The summed E-state index contributed by atoms with van der Waals surface area (Å²) in [5.41, 5.74) is 0.188. The average Bonchev–Trinajstić information content (AvgIpc) is 2.42. The average molecular weight is 266 g/mol. The van der Waals surface area contributed by atoms with Crippen molar-refractivity contribution in [3.63, 3.8) is 0 Å². The molecule has 0 bridgehead atoms. The zero-order chi connectivity index (χ0) is 14.1. The van der Waals surface area contributed by atoms with Gasteiger partial charge in [0.05, 0.1) is 6.10 Å². The molecule has 1 rings (SSSR count). The van der Waals surface area contributed by atoms with Crippen molar-refractivity contribution in [3.8, 4) is 5.75 Å². The molecular formula is C15H22O4. The van der Waals surface area contributed by atoms with Gasteiger partial charge in [0.1, 0.15) is 17.9 Å². The van der Waals surface area contributed by atoms with Crippen molar-refractivity contribution in [2.45, 2.75) is 39.2 Å². The van der Waals surface area contributed by atoms with Gasteiger partial charge in [0, 0.05) is 6.61 Å². The van der Waals surface area contributed by atoms with Crippen LogP contribution in [-0.2, 0) is 9.47 Å². The number of aromatic hydroxyl groups is 1. The minimum absolute atomic E-state index is 0.0611. The van der Waals surface area contributed by atoms with Crippen molar-refractivity contribution < 1.29 is 19.4 Å². The molecule has 0 aromatic heterocycles. The molecule has 0 radical (unpaired) electrons. The summed E-state index contributed by atoms with van der Waals surface area (Å²) in [6.07, 6.45) is 2.92. The molecule has 0 amide bonds. The molecule has 0 saturated carbocycles. The van der Waals surface area contributed by atoms with Crippen LogP contribution in [-0.4, -0.2) is 30.4 Å². The van der Waals surface area contributed by atoms with Crippen molar-refractivity contribution in [2.24, 2.45) is 0 Å². The van der Waals surface area contributed by atoms with Gasteiger partial charge in [0.15, 0.2) is 0 Å². The van der Waals surface area contributed by atoms with E-state index in [1.165, 1.54) is 6.07 Å². The number of unbranched alkanes of at least 4 members (excludes halogenated alkanes) is 1. The highest BCUT2D eigenvalue weighted by Crippen LogP contribution is 2.17. The molecule has 1 aromatic carbocycles. The highest BCUT2D eigenvalue weighted by Gasteiger charge is 2.15. The SMILES string of the molecule is CCCCC(COC(=O)c1ccccc1O)OCC. The number of phenols is 1. The first-order chi connectivity index (χ1) is 9.19. The summed E-state index contributed by atoms with van der Waals surface area (Å²) in [5.74, 6) is -0.576. The molecule has 0 heterocycles. The highest BCUT2D eigenvalue weighted by atomic mass is 16.6. The van der Waals surface area contributed by atoms with Gasteiger partial charge in [-0.05, 0) is 25.5 Å². The van der Waals surface area contributed by atoms with Crippen LogP contribution in [0.15, 0.2) is 24.3 Å². The van der Waals surface area contributed by atoms with Crippen LogP contribution in [0.4, 0.5) is 0 Å². The number of rotatable bonds is 8. The summed E-state index contributed by atoms with van der Waals surface area (Å²) in [5, 5.41) is 9.56. The van der Waals surface area contributed by atoms with E-state index in [0.29, 0.717) is 6.61 Å². The van der Waals surface area contributed by atoms with Crippen LogP contribution in [0.25, 0.3) is 0 Å². The zero-order valence-electron chi connectivity index (χ0n) is 11.6.